The van der Waals surface area contributed by atoms with Crippen LogP contribution in [0.4, 0.5) is 55.3 Å². The van der Waals surface area contributed by atoms with Gasteiger partial charge in [0.1, 0.15) is 36.3 Å². The Bertz CT molecular complexity index is 3240. The van der Waals surface area contributed by atoms with Crippen molar-refractivity contribution in [2.75, 3.05) is 62.4 Å². The monoisotopic (exact) mass is 1000 g/mol. The smallest absolute Gasteiger partial charge is 0.229 e. The van der Waals surface area contributed by atoms with Gasteiger partial charge in [-0.2, -0.15) is 9.97 Å². The maximum Gasteiger partial charge on any atom is 0.229 e. The minimum atomic E-state index is -1.25. The number of imidazole rings is 2. The molecule has 2 aliphatic rings. The zero-order valence-corrected chi connectivity index (χ0v) is 39.4. The van der Waals surface area contributed by atoms with E-state index in [4.69, 9.17) is 36.3 Å². The SMILES string of the molecule is CN1c2nc(Cl)ncc2OCC1c1cc(F)c(F)cc1F.COc1cc(N)ccc1-n1cnc(C)c1.COc1cc(Nc2ncc3c(n2)N(C)C(c2cc(F)c(F)cc2F)CO3)ccc1-n1cnc(C)c1. The minimum Gasteiger partial charge on any atom is -0.494 e. The van der Waals surface area contributed by atoms with Crippen LogP contribution in [0, 0.1) is 48.8 Å². The third-order valence-electron chi connectivity index (χ3n) is 11.3. The molecule has 0 radical (unpaired) electrons. The summed E-state index contributed by atoms with van der Waals surface area (Å²) >= 11 is 5.72. The van der Waals surface area contributed by atoms with E-state index >= 15 is 0 Å². The first kappa shape index (κ1) is 49.2. The first-order valence-corrected chi connectivity index (χ1v) is 21.7. The fraction of sp³-hybridized carbons (Fsp3) is 0.208. The molecule has 16 nitrogen and oxygen atoms in total. The Morgan fingerprint density at radius 1 is 0.620 bits per heavy atom. The summed E-state index contributed by atoms with van der Waals surface area (Å²) in [4.78, 5) is 28.2. The third kappa shape index (κ3) is 10.7. The average Bonchev–Trinajstić information content (AvgIpc) is 4.00. The van der Waals surface area contributed by atoms with Gasteiger partial charge >= 0.3 is 0 Å². The maximum atomic E-state index is 14.4. The summed E-state index contributed by atoms with van der Waals surface area (Å²) in [5.41, 5.74) is 10.6. The Hall–Kier alpha value is -8.27. The van der Waals surface area contributed by atoms with Crippen LogP contribution in [0.5, 0.6) is 23.0 Å². The summed E-state index contributed by atoms with van der Waals surface area (Å²) in [6, 6.07) is 12.4. The summed E-state index contributed by atoms with van der Waals surface area (Å²) in [6.07, 6.45) is 10.2. The molecule has 3 N–H and O–H groups in total. The number of hydrogen-bond donors (Lipinski definition) is 2. The third-order valence-corrected chi connectivity index (χ3v) is 11.4. The fourth-order valence-electron chi connectivity index (χ4n) is 7.62. The van der Waals surface area contributed by atoms with Crippen molar-refractivity contribution in [1.29, 1.82) is 0 Å². The molecular weight excluding hydrogens is 958 g/mol. The first-order chi connectivity index (χ1) is 34.0. The number of halogens is 7. The number of anilines is 5. The van der Waals surface area contributed by atoms with Gasteiger partial charge in [0, 0.05) is 73.3 Å². The normalized spacial score (nSPS) is 14.7. The van der Waals surface area contributed by atoms with Gasteiger partial charge in [-0.15, -0.1) is 0 Å². The van der Waals surface area contributed by atoms with Crippen molar-refractivity contribution in [2.45, 2.75) is 25.9 Å². The summed E-state index contributed by atoms with van der Waals surface area (Å²) in [5, 5.41) is 3.13. The van der Waals surface area contributed by atoms with Crippen LogP contribution in [-0.2, 0) is 0 Å². The van der Waals surface area contributed by atoms with Gasteiger partial charge in [0.15, 0.2) is 46.4 Å². The van der Waals surface area contributed by atoms with E-state index in [0.717, 1.165) is 40.6 Å². The molecule has 0 bridgehead atoms. The summed E-state index contributed by atoms with van der Waals surface area (Å²) in [6.45, 7) is 3.92. The van der Waals surface area contributed by atoms with Crippen LogP contribution in [0.15, 0.2) is 98.1 Å². The Morgan fingerprint density at radius 3 is 1.61 bits per heavy atom. The lowest BCUT2D eigenvalue weighted by Gasteiger charge is -2.35. The number of aryl methyl sites for hydroxylation is 2. The quantitative estimate of drug-likeness (QED) is 0.0639. The molecule has 4 aromatic carbocycles. The molecule has 0 saturated heterocycles. The molecule has 71 heavy (non-hydrogen) atoms. The van der Waals surface area contributed by atoms with E-state index < -0.39 is 47.0 Å². The van der Waals surface area contributed by atoms with E-state index in [1.807, 2.05) is 59.6 Å². The van der Waals surface area contributed by atoms with Crippen LogP contribution in [0.25, 0.3) is 11.4 Å². The number of hydrogen-bond acceptors (Lipinski definition) is 14. The molecule has 368 valence electrons. The highest BCUT2D eigenvalue weighted by Gasteiger charge is 2.32. The highest BCUT2D eigenvalue weighted by atomic mass is 35.5. The Labute approximate surface area is 407 Å². The van der Waals surface area contributed by atoms with Crippen molar-refractivity contribution < 1.29 is 45.3 Å². The van der Waals surface area contributed by atoms with Crippen LogP contribution in [0.2, 0.25) is 5.28 Å². The predicted octanol–water partition coefficient (Wildman–Crippen LogP) is 9.60. The second-order valence-corrected chi connectivity index (χ2v) is 16.3. The van der Waals surface area contributed by atoms with Crippen LogP contribution >= 0.6 is 11.6 Å². The minimum absolute atomic E-state index is 0.00982. The number of aromatic nitrogens is 8. The Morgan fingerprint density at radius 2 is 1.10 bits per heavy atom. The number of methoxy groups -OCH3 is 2. The molecular formula is C48H43ClF6N12O4. The van der Waals surface area contributed by atoms with E-state index in [9.17, 15) is 26.3 Å². The van der Waals surface area contributed by atoms with Gasteiger partial charge in [0.05, 0.1) is 74.1 Å². The maximum absolute atomic E-state index is 14.4. The summed E-state index contributed by atoms with van der Waals surface area (Å²) in [5.74, 6) is -3.31. The standard InChI is InChI=1S/C24H21F3N6O2.C13H9ClF3N3O.C11H13N3O/c1-13-10-33(12-29-13)19-5-4-14(6-21(19)34-3)30-24-28-9-22-23(31-24)32(2)20(11-35-22)15-7-17(26)18(27)8-16(15)25;1-20-10(6-2-8(16)9(17)3-7(6)15)5-21-11-4-18-13(14)19-12(11)20;1-8-6-14(7-13-8)10-4-3-9(12)5-11(10)15-2/h4-10,12,20H,11H2,1-3H3,(H,28,30,31);2-4,10H,5H2,1H3;3-7H,12H2,1-2H3. The number of nitrogens with one attached hydrogen (secondary N) is 1. The van der Waals surface area contributed by atoms with Crippen LogP contribution in [-0.4, -0.2) is 80.6 Å². The van der Waals surface area contributed by atoms with Gasteiger partial charge in [-0.3, -0.25) is 0 Å². The average molecular weight is 1000 g/mol. The van der Waals surface area contributed by atoms with Crippen LogP contribution in [0.3, 0.4) is 0 Å². The van der Waals surface area contributed by atoms with Crippen molar-refractivity contribution in [3.63, 3.8) is 0 Å². The molecule has 0 amide bonds. The van der Waals surface area contributed by atoms with Crippen molar-refractivity contribution in [1.82, 2.24) is 39.0 Å². The number of likely N-dealkylation sites (N-methyl/N-ethyl adjacent to an activating group) is 2. The predicted molar refractivity (Wildman–Crippen MR) is 252 cm³/mol. The second kappa shape index (κ2) is 20.8. The lowest BCUT2D eigenvalue weighted by atomic mass is 10.0. The number of rotatable bonds is 8. The van der Waals surface area contributed by atoms with Gasteiger partial charge in [0.2, 0.25) is 11.2 Å². The zero-order chi connectivity index (χ0) is 50.7. The van der Waals surface area contributed by atoms with Gasteiger partial charge in [-0.1, -0.05) is 0 Å². The molecule has 4 aromatic heterocycles. The van der Waals surface area contributed by atoms with Crippen LogP contribution < -0.4 is 39.8 Å². The fourth-order valence-corrected chi connectivity index (χ4v) is 7.75. The topological polar surface area (TPSA) is 169 Å². The number of nitrogens with two attached hydrogens (primary N) is 1. The molecule has 0 aliphatic carbocycles. The molecule has 8 aromatic rings. The van der Waals surface area contributed by atoms with E-state index in [0.29, 0.717) is 52.4 Å². The van der Waals surface area contributed by atoms with Gasteiger partial charge in [-0.25, -0.2) is 46.3 Å². The van der Waals surface area contributed by atoms with Gasteiger partial charge in [-0.05, 0) is 61.8 Å². The number of ether oxygens (including phenoxy) is 4. The molecule has 2 atom stereocenters. The summed E-state index contributed by atoms with van der Waals surface area (Å²) < 4.78 is 108. The zero-order valence-electron chi connectivity index (χ0n) is 38.6. The van der Waals surface area contributed by atoms with E-state index in [2.05, 4.69) is 35.2 Å². The van der Waals surface area contributed by atoms with Gasteiger partial charge in [0.25, 0.3) is 0 Å². The molecule has 10 rings (SSSR count). The lowest BCUT2D eigenvalue weighted by Crippen LogP contribution is -2.35. The molecule has 23 heteroatoms. The second-order valence-electron chi connectivity index (χ2n) is 15.9. The molecule has 0 spiro atoms. The number of nitrogens with zero attached hydrogens (tertiary/aromatic N) is 10. The highest BCUT2D eigenvalue weighted by molar-refractivity contribution is 6.28. The lowest BCUT2D eigenvalue weighted by molar-refractivity contribution is 0.261. The van der Waals surface area contributed by atoms with Gasteiger partial charge < -0.3 is 48.9 Å². The number of benzene rings is 4. The molecule has 2 unspecified atom stereocenters. The van der Waals surface area contributed by atoms with E-state index in [1.165, 1.54) is 12.4 Å². The largest absolute Gasteiger partial charge is 0.494 e. The van der Waals surface area contributed by atoms with Crippen molar-refractivity contribution in [3.05, 3.63) is 161 Å². The molecule has 6 heterocycles. The Balaban J connectivity index is 0.000000159. The molecule has 0 saturated carbocycles. The number of nitrogen functional groups attached to an aromatic ring is 1. The van der Waals surface area contributed by atoms with E-state index in [-0.39, 0.29) is 35.6 Å². The van der Waals surface area contributed by atoms with Crippen molar-refractivity contribution in [2.24, 2.45) is 0 Å². The first-order valence-electron chi connectivity index (χ1n) is 21.3. The van der Waals surface area contributed by atoms with Crippen molar-refractivity contribution >= 4 is 40.6 Å². The highest BCUT2D eigenvalue weighted by Crippen LogP contribution is 2.40. The summed E-state index contributed by atoms with van der Waals surface area (Å²) in [7, 11) is 6.51. The van der Waals surface area contributed by atoms with Crippen LogP contribution in [0.1, 0.15) is 34.6 Å². The number of fused-ring (bicyclic) bond motifs is 2. The Kier molecular flexibility index (Phi) is 14.4. The van der Waals surface area contributed by atoms with E-state index in [1.54, 1.807) is 62.9 Å². The van der Waals surface area contributed by atoms with Crippen molar-refractivity contribution in [3.8, 4) is 34.4 Å². The molecule has 2 aliphatic heterocycles. The molecule has 0 fully saturated rings.